The van der Waals surface area contributed by atoms with Gasteiger partial charge >= 0.3 is 5.97 Å². The molecular formula is C12H5F5N2O2. The topological polar surface area (TPSA) is 76.2 Å². The number of hydrogen-bond donors (Lipinski definition) is 2. The van der Waals surface area contributed by atoms with Crippen molar-refractivity contribution in [3.63, 3.8) is 0 Å². The van der Waals surface area contributed by atoms with Crippen molar-refractivity contribution in [2.75, 3.05) is 5.73 Å². The summed E-state index contributed by atoms with van der Waals surface area (Å²) in [5.41, 5.74) is 2.73. The number of halogens is 5. The molecule has 0 spiro atoms. The second-order valence-electron chi connectivity index (χ2n) is 3.91. The number of benzene rings is 1. The summed E-state index contributed by atoms with van der Waals surface area (Å²) in [4.78, 5) is 14.2. The highest BCUT2D eigenvalue weighted by molar-refractivity contribution is 5.94. The maximum absolute atomic E-state index is 13.6. The normalized spacial score (nSPS) is 10.7. The maximum atomic E-state index is 13.6. The van der Waals surface area contributed by atoms with E-state index >= 15 is 0 Å². The van der Waals surface area contributed by atoms with Crippen molar-refractivity contribution in [2.45, 2.75) is 0 Å². The molecule has 0 bridgehead atoms. The number of nitrogens with two attached hydrogens (primary N) is 1. The predicted molar refractivity (Wildman–Crippen MR) is 60.8 cm³/mol. The first-order chi connectivity index (χ1) is 9.75. The lowest BCUT2D eigenvalue weighted by Crippen LogP contribution is -2.07. The van der Waals surface area contributed by atoms with Crippen molar-refractivity contribution < 1.29 is 31.9 Å². The van der Waals surface area contributed by atoms with Crippen LogP contribution in [0.25, 0.3) is 11.1 Å². The van der Waals surface area contributed by atoms with Gasteiger partial charge in [0.15, 0.2) is 23.3 Å². The van der Waals surface area contributed by atoms with Crippen molar-refractivity contribution >= 4 is 11.8 Å². The number of pyridine rings is 1. The molecule has 1 aromatic carbocycles. The summed E-state index contributed by atoms with van der Waals surface area (Å²) < 4.78 is 66.3. The third-order valence-electron chi connectivity index (χ3n) is 2.65. The number of carbonyl (C=O) groups is 1. The number of carboxylic acid groups (broad SMARTS) is 1. The molecule has 21 heavy (non-hydrogen) atoms. The summed E-state index contributed by atoms with van der Waals surface area (Å²) in [6.07, 6.45) is 0.708. The predicted octanol–water partition coefficient (Wildman–Crippen LogP) is 2.72. The minimum absolute atomic E-state index is 0.463. The van der Waals surface area contributed by atoms with Crippen LogP contribution in [0.1, 0.15) is 10.4 Å². The van der Waals surface area contributed by atoms with E-state index in [1.165, 1.54) is 0 Å². The Morgan fingerprint density at radius 3 is 1.95 bits per heavy atom. The largest absolute Gasteiger partial charge is 0.478 e. The molecule has 3 N–H and O–H groups in total. The van der Waals surface area contributed by atoms with Crippen LogP contribution in [-0.2, 0) is 0 Å². The van der Waals surface area contributed by atoms with Crippen LogP contribution in [0.3, 0.4) is 0 Å². The molecule has 0 aliphatic rings. The maximum Gasteiger partial charge on any atom is 0.339 e. The second kappa shape index (κ2) is 5.00. The first-order valence-electron chi connectivity index (χ1n) is 5.26. The molecule has 1 heterocycles. The van der Waals surface area contributed by atoms with Crippen LogP contribution >= 0.6 is 0 Å². The Morgan fingerprint density at radius 1 is 1.00 bits per heavy atom. The van der Waals surface area contributed by atoms with Crippen molar-refractivity contribution in [3.8, 4) is 11.1 Å². The van der Waals surface area contributed by atoms with Crippen LogP contribution in [0.15, 0.2) is 12.3 Å². The zero-order valence-electron chi connectivity index (χ0n) is 9.92. The van der Waals surface area contributed by atoms with Crippen LogP contribution in [0, 0.1) is 29.1 Å². The number of anilines is 1. The second-order valence-corrected chi connectivity index (χ2v) is 3.91. The van der Waals surface area contributed by atoms with Gasteiger partial charge in [-0.05, 0) is 6.07 Å². The SMILES string of the molecule is Nc1ncc(-c2c(F)c(F)c(F)c(F)c2F)cc1C(=O)O. The molecule has 9 heteroatoms. The molecule has 0 aliphatic heterocycles. The number of carboxylic acids is 1. The lowest BCUT2D eigenvalue weighted by Gasteiger charge is -2.09. The Morgan fingerprint density at radius 2 is 1.48 bits per heavy atom. The highest BCUT2D eigenvalue weighted by atomic mass is 19.2. The van der Waals surface area contributed by atoms with E-state index in [1.54, 1.807) is 0 Å². The van der Waals surface area contributed by atoms with Crippen LogP contribution < -0.4 is 5.73 Å². The summed E-state index contributed by atoms with van der Waals surface area (Å²) in [5, 5.41) is 8.81. The molecule has 1 aromatic heterocycles. The average Bonchev–Trinajstić information content (AvgIpc) is 2.44. The van der Waals surface area contributed by atoms with Crippen molar-refractivity contribution in [2.24, 2.45) is 0 Å². The van der Waals surface area contributed by atoms with Gasteiger partial charge in [0, 0.05) is 11.8 Å². The van der Waals surface area contributed by atoms with Gasteiger partial charge in [-0.15, -0.1) is 0 Å². The first kappa shape index (κ1) is 14.7. The Balaban J connectivity index is 2.80. The minimum atomic E-state index is -2.31. The van der Waals surface area contributed by atoms with Crippen molar-refractivity contribution in [1.82, 2.24) is 4.98 Å². The van der Waals surface area contributed by atoms with Gasteiger partial charge in [0.05, 0.1) is 5.56 Å². The van der Waals surface area contributed by atoms with Gasteiger partial charge in [0.1, 0.15) is 11.4 Å². The fraction of sp³-hybridized carbons (Fsp3) is 0. The van der Waals surface area contributed by atoms with Gasteiger partial charge in [0.25, 0.3) is 0 Å². The van der Waals surface area contributed by atoms with Gasteiger partial charge in [-0.1, -0.05) is 0 Å². The van der Waals surface area contributed by atoms with Crippen LogP contribution in [0.2, 0.25) is 0 Å². The Bertz CT molecular complexity index is 735. The Labute approximate surface area is 113 Å². The van der Waals surface area contributed by atoms with Gasteiger partial charge in [0.2, 0.25) is 5.82 Å². The van der Waals surface area contributed by atoms with E-state index in [0.29, 0.717) is 12.3 Å². The van der Waals surface area contributed by atoms with E-state index < -0.39 is 57.6 Å². The molecule has 0 fully saturated rings. The quantitative estimate of drug-likeness (QED) is 0.508. The molecule has 4 nitrogen and oxygen atoms in total. The van der Waals surface area contributed by atoms with E-state index in [2.05, 4.69) is 4.98 Å². The average molecular weight is 304 g/mol. The molecule has 0 amide bonds. The van der Waals surface area contributed by atoms with E-state index in [4.69, 9.17) is 10.8 Å². The summed E-state index contributed by atoms with van der Waals surface area (Å²) in [5.74, 6) is -12.8. The van der Waals surface area contributed by atoms with E-state index in [9.17, 15) is 26.7 Å². The standard InChI is InChI=1S/C12H5F5N2O2/c13-6-5(7(14)9(16)10(17)8(6)15)3-1-4(12(20)21)11(18)19-2-3/h1-2H,(H2,18,19)(H,20,21). The highest BCUT2D eigenvalue weighted by Gasteiger charge is 2.27. The number of hydrogen-bond acceptors (Lipinski definition) is 3. The molecule has 2 aromatic rings. The van der Waals surface area contributed by atoms with Gasteiger partial charge in [-0.25, -0.2) is 31.7 Å². The summed E-state index contributed by atoms with van der Waals surface area (Å²) in [7, 11) is 0. The number of aromatic carboxylic acids is 1. The fourth-order valence-electron chi connectivity index (χ4n) is 1.64. The summed E-state index contributed by atoms with van der Waals surface area (Å²) in [6, 6.07) is 0.670. The smallest absolute Gasteiger partial charge is 0.339 e. The molecule has 0 atom stereocenters. The molecule has 0 unspecified atom stereocenters. The third kappa shape index (κ3) is 2.26. The van der Waals surface area contributed by atoms with Gasteiger partial charge < -0.3 is 10.8 Å². The van der Waals surface area contributed by atoms with Crippen LogP contribution in [-0.4, -0.2) is 16.1 Å². The molecule has 0 saturated carbocycles. The lowest BCUT2D eigenvalue weighted by molar-refractivity contribution is 0.0697. The van der Waals surface area contributed by atoms with Crippen LogP contribution in [0.5, 0.6) is 0 Å². The Hall–Kier alpha value is -2.71. The van der Waals surface area contributed by atoms with E-state index in [1.807, 2.05) is 0 Å². The monoisotopic (exact) mass is 304 g/mol. The van der Waals surface area contributed by atoms with Crippen molar-refractivity contribution in [3.05, 3.63) is 46.9 Å². The number of nitrogen functional groups attached to an aromatic ring is 1. The fourth-order valence-corrected chi connectivity index (χ4v) is 1.64. The first-order valence-corrected chi connectivity index (χ1v) is 5.26. The number of nitrogens with zero attached hydrogens (tertiary/aromatic N) is 1. The number of aromatic nitrogens is 1. The summed E-state index contributed by atoms with van der Waals surface area (Å²) >= 11 is 0. The summed E-state index contributed by atoms with van der Waals surface area (Å²) in [6.45, 7) is 0. The van der Waals surface area contributed by atoms with E-state index in [-0.39, 0.29) is 0 Å². The Kier molecular flexibility index (Phi) is 3.50. The van der Waals surface area contributed by atoms with Crippen molar-refractivity contribution in [1.29, 1.82) is 0 Å². The minimum Gasteiger partial charge on any atom is -0.478 e. The third-order valence-corrected chi connectivity index (χ3v) is 2.65. The molecule has 110 valence electrons. The zero-order valence-corrected chi connectivity index (χ0v) is 9.92. The molecule has 2 rings (SSSR count). The molecule has 0 radical (unpaired) electrons. The number of rotatable bonds is 2. The van der Waals surface area contributed by atoms with E-state index in [0.717, 1.165) is 0 Å². The molecule has 0 saturated heterocycles. The molecular weight excluding hydrogens is 299 g/mol. The highest BCUT2D eigenvalue weighted by Crippen LogP contribution is 2.32. The molecule has 0 aliphatic carbocycles. The zero-order chi connectivity index (χ0) is 15.9. The van der Waals surface area contributed by atoms with Gasteiger partial charge in [-0.3, -0.25) is 0 Å². The lowest BCUT2D eigenvalue weighted by atomic mass is 10.0. The van der Waals surface area contributed by atoms with Crippen LogP contribution in [0.4, 0.5) is 27.8 Å². The van der Waals surface area contributed by atoms with Gasteiger partial charge in [-0.2, -0.15) is 0 Å².